The molecule has 12 aromatic heterocycles. The number of pyridine rings is 3. The smallest absolute Gasteiger partial charge is 0.341 e. The van der Waals surface area contributed by atoms with Crippen molar-refractivity contribution in [3.8, 4) is 56.4 Å². The summed E-state index contributed by atoms with van der Waals surface area (Å²) in [6.45, 7) is 7.87. The normalized spacial score (nSPS) is 13.5. The van der Waals surface area contributed by atoms with E-state index in [1.165, 1.54) is 0 Å². The Kier molecular flexibility index (Phi) is 23.0. The van der Waals surface area contributed by atoms with Crippen LogP contribution in [0.1, 0.15) is 56.7 Å². The van der Waals surface area contributed by atoms with Crippen molar-refractivity contribution < 1.29 is 41.5 Å². The largest absolute Gasteiger partial charge is 0.462 e. The number of hydrogen-bond acceptors (Lipinski definition) is 26. The van der Waals surface area contributed by atoms with Crippen molar-refractivity contribution in [1.82, 2.24) is 98.6 Å². The van der Waals surface area contributed by atoms with E-state index in [0.29, 0.717) is 133 Å². The zero-order valence-electron chi connectivity index (χ0n) is 63.2. The maximum Gasteiger partial charge on any atom is 0.341 e. The lowest BCUT2D eigenvalue weighted by Crippen LogP contribution is -2.40. The minimum Gasteiger partial charge on any atom is -0.462 e. The van der Waals surface area contributed by atoms with Gasteiger partial charge < -0.3 is 44.9 Å². The number of hydrogen-bond donors (Lipinski definition) is 5. The van der Waals surface area contributed by atoms with Gasteiger partial charge in [-0.3, -0.25) is 19.2 Å². The summed E-state index contributed by atoms with van der Waals surface area (Å²) in [7, 11) is -3.48. The molecule has 4 aromatic carbocycles. The third kappa shape index (κ3) is 19.2. The Balaban J connectivity index is 0.000000117. The quantitative estimate of drug-likeness (QED) is 0.0442. The van der Waals surface area contributed by atoms with Gasteiger partial charge in [-0.05, 0) is 159 Å². The van der Waals surface area contributed by atoms with Crippen molar-refractivity contribution >= 4 is 90.6 Å². The Hall–Kier alpha value is -14.6. The van der Waals surface area contributed by atoms with E-state index < -0.39 is 16.0 Å². The van der Waals surface area contributed by atoms with Crippen LogP contribution >= 0.6 is 0 Å². The number of sulfonamides is 1. The molecule has 0 atom stereocenters. The SMILES string of the molecule is CCOC(=O)c1cccnc1Nc1cccc(-c2cn3ncccc3n2)c1.CS(=O)(=O)Nc1cc(-c2cn3ncccc3n2)cc(-c2noc(CN3CCOCC3)n2)c1.O=C(NC1CC1)c1cccnc1Nc1cccc(-c2cn3ncccc3n2)c1.O=C(c1cccnc1Nc1cccc(-c2cn3ncccc3n2)c1)N1CCOCC1. The monoisotopic (exact) mass is 1580 g/mol. The van der Waals surface area contributed by atoms with Crippen molar-refractivity contribution in [3.05, 3.63) is 267 Å². The number of rotatable bonds is 20. The molecular formula is C83H76N24O9S. The Morgan fingerprint density at radius 3 is 1.34 bits per heavy atom. The second-order valence-corrected chi connectivity index (χ2v) is 28.8. The van der Waals surface area contributed by atoms with Crippen LogP contribution in [0.3, 0.4) is 0 Å². The molecule has 16 aromatic rings. The van der Waals surface area contributed by atoms with E-state index in [9.17, 15) is 22.8 Å². The van der Waals surface area contributed by atoms with Crippen molar-refractivity contribution in [2.45, 2.75) is 32.4 Å². The maximum atomic E-state index is 13.0. The molecule has 0 bridgehead atoms. The Morgan fingerprint density at radius 1 is 0.462 bits per heavy atom. The van der Waals surface area contributed by atoms with Gasteiger partial charge in [-0.2, -0.15) is 25.4 Å². The van der Waals surface area contributed by atoms with Crippen LogP contribution in [0.15, 0.2) is 249 Å². The highest BCUT2D eigenvalue weighted by Gasteiger charge is 2.27. The molecule has 1 saturated carbocycles. The summed E-state index contributed by atoms with van der Waals surface area (Å²) in [6.07, 6.45) is 22.4. The van der Waals surface area contributed by atoms with Crippen LogP contribution in [-0.2, 0) is 30.8 Å². The Morgan fingerprint density at radius 2 is 0.880 bits per heavy atom. The average Bonchev–Trinajstić information content (AvgIpc) is 1.72. The van der Waals surface area contributed by atoms with Crippen LogP contribution < -0.4 is 26.0 Å². The van der Waals surface area contributed by atoms with Crippen molar-refractivity contribution in [2.24, 2.45) is 0 Å². The van der Waals surface area contributed by atoms with Crippen molar-refractivity contribution in [3.63, 3.8) is 0 Å². The molecule has 117 heavy (non-hydrogen) atoms. The van der Waals surface area contributed by atoms with Crippen molar-refractivity contribution in [1.29, 1.82) is 0 Å². The van der Waals surface area contributed by atoms with Gasteiger partial charge in [0.25, 0.3) is 11.8 Å². The molecule has 2 amide bonds. The van der Waals surface area contributed by atoms with Crippen LogP contribution in [0.4, 0.5) is 40.2 Å². The van der Waals surface area contributed by atoms with Crippen LogP contribution in [0, 0.1) is 0 Å². The Labute approximate surface area is 668 Å². The molecular weight excluding hydrogens is 1510 g/mol. The Bertz CT molecular complexity index is 6220. The summed E-state index contributed by atoms with van der Waals surface area (Å²) in [5.41, 5.74) is 14.6. The zero-order valence-corrected chi connectivity index (χ0v) is 64.1. The fraction of sp³-hybridized carbons (Fsp3) is 0.181. The molecule has 3 aliphatic rings. The zero-order chi connectivity index (χ0) is 80.0. The number of nitrogens with one attached hydrogen (secondary N) is 5. The number of anilines is 7. The predicted molar refractivity (Wildman–Crippen MR) is 437 cm³/mol. The first kappa shape index (κ1) is 76.4. The molecule has 0 unspecified atom stereocenters. The lowest BCUT2D eigenvalue weighted by atomic mass is 10.1. The second-order valence-electron chi connectivity index (χ2n) is 27.1. The highest BCUT2D eigenvalue weighted by atomic mass is 32.2. The van der Waals surface area contributed by atoms with Gasteiger partial charge in [-0.25, -0.2) is 66.2 Å². The van der Waals surface area contributed by atoms with Gasteiger partial charge in [-0.1, -0.05) is 41.6 Å². The number of carbonyl (C=O) groups excluding carboxylic acids is 3. The molecule has 5 N–H and O–H groups in total. The molecule has 33 nitrogen and oxygen atoms in total. The van der Waals surface area contributed by atoms with Crippen LogP contribution in [0.2, 0.25) is 0 Å². The van der Waals surface area contributed by atoms with E-state index in [1.807, 2.05) is 140 Å². The molecule has 2 aliphatic heterocycles. The second kappa shape index (κ2) is 35.2. The van der Waals surface area contributed by atoms with Gasteiger partial charge in [0.2, 0.25) is 21.7 Å². The third-order valence-electron chi connectivity index (χ3n) is 18.5. The number of morpholine rings is 2. The van der Waals surface area contributed by atoms with E-state index in [4.69, 9.17) is 18.7 Å². The van der Waals surface area contributed by atoms with E-state index in [1.54, 1.807) is 134 Å². The number of benzene rings is 4. The number of aromatic nitrogens is 17. The van der Waals surface area contributed by atoms with Crippen LogP contribution in [0.25, 0.3) is 79.0 Å². The highest BCUT2D eigenvalue weighted by molar-refractivity contribution is 7.92. The summed E-state index contributed by atoms with van der Waals surface area (Å²) >= 11 is 0. The van der Waals surface area contributed by atoms with Crippen LogP contribution in [0.5, 0.6) is 0 Å². The van der Waals surface area contributed by atoms with Gasteiger partial charge in [0.15, 0.2) is 22.6 Å². The molecule has 14 heterocycles. The molecule has 34 heteroatoms. The standard InChI is InChI=1S/C22H20N6O2.C21H18N6O.C20H21N7O4S.C20H17N5O2/c29-22(27-10-12-30-13-11-27)18-6-2-8-23-21(18)25-17-5-1-4-16(14-17)19-15-28-20(26-19)7-3-9-24-28;28-21(25-15-8-9-15)17-6-2-10-22-20(17)24-16-5-1-4-14(12-16)18-13-27-19(26-18)7-3-11-23-27;1-32(28,29)25-16-10-14(17-12-27-18(22-17)3-2-4-21-27)9-15(11-16)20-23-19(31-24-20)13-26-5-7-30-8-6-26;1-2-27-20(26)16-8-4-10-21-19(16)23-15-7-3-6-14(12-15)17-13-25-18(24-17)9-5-11-22-25/h1-9,14-15H,10-13H2,(H,23,25);1-7,10-13,15H,8-9H2,(H,22,24)(H,25,28);2-4,9-12,25H,5-8,13H2,1H3;3-13H,2H2,1H3,(H,21,23). The van der Waals surface area contributed by atoms with Gasteiger partial charge in [0.05, 0.1) is 105 Å². The first-order valence-electron chi connectivity index (χ1n) is 37.5. The maximum absolute atomic E-state index is 13.0. The van der Waals surface area contributed by atoms with E-state index in [0.717, 1.165) is 100.0 Å². The number of nitrogens with zero attached hydrogens (tertiary/aromatic N) is 19. The lowest BCUT2D eigenvalue weighted by molar-refractivity contribution is 0.0297. The number of imidazole rings is 4. The topological polar surface area (TPSA) is 378 Å². The summed E-state index contributed by atoms with van der Waals surface area (Å²) in [5, 5.41) is 33.9. The minimum absolute atomic E-state index is 0.0449. The summed E-state index contributed by atoms with van der Waals surface area (Å²) in [5.74, 6) is 1.82. The molecule has 1 aliphatic carbocycles. The van der Waals surface area contributed by atoms with Gasteiger partial charge in [0.1, 0.15) is 23.0 Å². The third-order valence-corrected chi connectivity index (χ3v) is 19.1. The number of amides is 2. The molecule has 588 valence electrons. The fourth-order valence-corrected chi connectivity index (χ4v) is 13.3. The average molecular weight is 1590 g/mol. The summed E-state index contributed by atoms with van der Waals surface area (Å²) in [6, 6.07) is 54.4. The molecule has 19 rings (SSSR count). The first-order valence-corrected chi connectivity index (χ1v) is 39.4. The number of fused-ring (bicyclic) bond motifs is 4. The number of carbonyl (C=O) groups is 3. The lowest BCUT2D eigenvalue weighted by Gasteiger charge is -2.27. The predicted octanol–water partition coefficient (Wildman–Crippen LogP) is 11.8. The number of esters is 1. The fourth-order valence-electron chi connectivity index (χ4n) is 12.8. The van der Waals surface area contributed by atoms with Gasteiger partial charge in [0, 0.05) is 126 Å². The molecule has 0 radical (unpaired) electrons. The van der Waals surface area contributed by atoms with Gasteiger partial charge in [-0.15, -0.1) is 0 Å². The van der Waals surface area contributed by atoms with E-state index in [-0.39, 0.29) is 11.8 Å². The molecule has 0 spiro atoms. The number of ether oxygens (including phenoxy) is 3. The van der Waals surface area contributed by atoms with Crippen molar-refractivity contribution in [2.75, 3.05) is 86.1 Å². The molecule has 2 saturated heterocycles. The highest BCUT2D eigenvalue weighted by Crippen LogP contribution is 2.33. The van der Waals surface area contributed by atoms with E-state index >= 15 is 0 Å². The van der Waals surface area contributed by atoms with Crippen LogP contribution in [-0.4, -0.2) is 191 Å². The van der Waals surface area contributed by atoms with E-state index in [2.05, 4.69) is 96.3 Å². The molecule has 3 fully saturated rings. The summed E-state index contributed by atoms with van der Waals surface area (Å²) in [4.78, 5) is 77.5. The first-order chi connectivity index (χ1) is 57.2. The van der Waals surface area contributed by atoms with Gasteiger partial charge >= 0.3 is 5.97 Å². The minimum atomic E-state index is -3.48. The summed E-state index contributed by atoms with van der Waals surface area (Å²) < 4.78 is 54.4.